The van der Waals surface area contributed by atoms with E-state index in [9.17, 15) is 4.79 Å². The second-order valence-corrected chi connectivity index (χ2v) is 5.23. The number of hydrogen-bond donors (Lipinski definition) is 2. The summed E-state index contributed by atoms with van der Waals surface area (Å²) in [6.07, 6.45) is 0.802. The number of carbonyl (C=O) groups is 1. The fraction of sp³-hybridized carbons (Fsp3) is 0.500. The number of halogens is 1. The molecule has 0 bridgehead atoms. The molecule has 0 aliphatic carbocycles. The van der Waals surface area contributed by atoms with E-state index in [1.54, 1.807) is 0 Å². The molecule has 18 heavy (non-hydrogen) atoms. The van der Waals surface area contributed by atoms with Crippen LogP contribution in [0.4, 0.5) is 0 Å². The van der Waals surface area contributed by atoms with Crippen molar-refractivity contribution in [1.29, 1.82) is 0 Å². The Morgan fingerprint density at radius 3 is 2.61 bits per heavy atom. The van der Waals surface area contributed by atoms with Crippen LogP contribution < -0.4 is 11.1 Å². The molecule has 1 aromatic rings. The average Bonchev–Trinajstić information content (AvgIpc) is 2.34. The van der Waals surface area contributed by atoms with Crippen LogP contribution in [0.3, 0.4) is 0 Å². The van der Waals surface area contributed by atoms with Crippen LogP contribution in [0.25, 0.3) is 0 Å². The van der Waals surface area contributed by atoms with Crippen molar-refractivity contribution in [1.82, 2.24) is 5.32 Å². The van der Waals surface area contributed by atoms with Crippen LogP contribution in [-0.2, 0) is 4.79 Å². The highest BCUT2D eigenvalue weighted by Crippen LogP contribution is 2.20. The van der Waals surface area contributed by atoms with Crippen LogP contribution in [0.15, 0.2) is 24.3 Å². The second-order valence-electron chi connectivity index (χ2n) is 4.79. The van der Waals surface area contributed by atoms with E-state index in [4.69, 9.17) is 17.3 Å². The summed E-state index contributed by atoms with van der Waals surface area (Å²) in [5, 5.41) is 3.64. The minimum atomic E-state index is -0.474. The molecule has 0 fully saturated rings. The molecule has 3 N–H and O–H groups in total. The van der Waals surface area contributed by atoms with Crippen LogP contribution in [0.5, 0.6) is 0 Å². The molecule has 0 aromatic heterocycles. The molecular formula is C14H21ClN2O. The normalized spacial score (nSPS) is 14.3. The van der Waals surface area contributed by atoms with Crippen LogP contribution in [-0.4, -0.2) is 11.9 Å². The molecule has 0 spiro atoms. The lowest BCUT2D eigenvalue weighted by molar-refractivity contribution is -0.124. The van der Waals surface area contributed by atoms with Crippen molar-refractivity contribution < 1.29 is 4.79 Å². The minimum Gasteiger partial charge on any atom is -0.348 e. The summed E-state index contributed by atoms with van der Waals surface area (Å²) in [5.41, 5.74) is 6.84. The first-order valence-corrected chi connectivity index (χ1v) is 6.65. The number of amides is 1. The van der Waals surface area contributed by atoms with Gasteiger partial charge in [0, 0.05) is 5.02 Å². The number of nitrogens with one attached hydrogen (secondary N) is 1. The van der Waals surface area contributed by atoms with Gasteiger partial charge in [0.1, 0.15) is 0 Å². The zero-order valence-corrected chi connectivity index (χ0v) is 11.9. The van der Waals surface area contributed by atoms with Gasteiger partial charge in [-0.15, -0.1) is 0 Å². The van der Waals surface area contributed by atoms with E-state index in [0.717, 1.165) is 12.0 Å². The first kappa shape index (κ1) is 15.0. The molecule has 1 amide bonds. The van der Waals surface area contributed by atoms with E-state index in [2.05, 4.69) is 5.32 Å². The molecule has 1 rings (SSSR count). The molecule has 4 heteroatoms. The van der Waals surface area contributed by atoms with Crippen LogP contribution in [0.1, 0.15) is 38.8 Å². The van der Waals surface area contributed by atoms with Gasteiger partial charge in [0.25, 0.3) is 0 Å². The van der Waals surface area contributed by atoms with Crippen molar-refractivity contribution in [2.24, 2.45) is 11.7 Å². The molecule has 0 saturated heterocycles. The maximum absolute atomic E-state index is 11.9. The van der Waals surface area contributed by atoms with Crippen LogP contribution >= 0.6 is 11.6 Å². The Balaban J connectivity index is 2.76. The summed E-state index contributed by atoms with van der Waals surface area (Å²) in [6.45, 7) is 5.89. The summed E-state index contributed by atoms with van der Waals surface area (Å²) in [5.74, 6) is 0.0127. The molecule has 0 radical (unpaired) electrons. The highest BCUT2D eigenvalue weighted by molar-refractivity contribution is 6.30. The van der Waals surface area contributed by atoms with Gasteiger partial charge in [-0.1, -0.05) is 44.5 Å². The minimum absolute atomic E-state index is 0.0407. The molecule has 3 nitrogen and oxygen atoms in total. The number of carbonyl (C=O) groups excluding carboxylic acids is 1. The lowest BCUT2D eigenvalue weighted by atomic mass is 10.0. The van der Waals surface area contributed by atoms with E-state index in [1.165, 1.54) is 0 Å². The molecule has 2 atom stereocenters. The lowest BCUT2D eigenvalue weighted by Crippen LogP contribution is -2.45. The zero-order valence-electron chi connectivity index (χ0n) is 11.1. The van der Waals surface area contributed by atoms with E-state index in [1.807, 2.05) is 45.0 Å². The first-order chi connectivity index (χ1) is 8.45. The van der Waals surface area contributed by atoms with Crippen molar-refractivity contribution in [2.45, 2.75) is 39.3 Å². The van der Waals surface area contributed by atoms with Crippen molar-refractivity contribution in [3.8, 4) is 0 Å². The third-order valence-electron chi connectivity index (χ3n) is 3.00. The highest BCUT2D eigenvalue weighted by Gasteiger charge is 2.20. The largest absolute Gasteiger partial charge is 0.348 e. The van der Waals surface area contributed by atoms with E-state index in [0.29, 0.717) is 5.02 Å². The van der Waals surface area contributed by atoms with Crippen molar-refractivity contribution in [2.75, 3.05) is 0 Å². The number of hydrogen-bond acceptors (Lipinski definition) is 2. The Labute approximate surface area is 114 Å². The third-order valence-corrected chi connectivity index (χ3v) is 3.23. The van der Waals surface area contributed by atoms with E-state index >= 15 is 0 Å². The predicted octanol–water partition coefficient (Wildman–Crippen LogP) is 2.89. The van der Waals surface area contributed by atoms with Crippen molar-refractivity contribution in [3.63, 3.8) is 0 Å². The van der Waals surface area contributed by atoms with Gasteiger partial charge >= 0.3 is 0 Å². The maximum Gasteiger partial charge on any atom is 0.237 e. The number of nitrogens with two attached hydrogens (primary N) is 1. The van der Waals surface area contributed by atoms with E-state index < -0.39 is 6.04 Å². The molecule has 1 unspecified atom stereocenters. The fourth-order valence-corrected chi connectivity index (χ4v) is 1.91. The molecule has 100 valence electrons. The van der Waals surface area contributed by atoms with Gasteiger partial charge in [-0.3, -0.25) is 4.79 Å². The Kier molecular flexibility index (Phi) is 5.63. The van der Waals surface area contributed by atoms with Gasteiger partial charge in [0.2, 0.25) is 5.91 Å². The molecular weight excluding hydrogens is 248 g/mol. The molecule has 0 aliphatic rings. The maximum atomic E-state index is 11.9. The van der Waals surface area contributed by atoms with Gasteiger partial charge in [-0.05, 0) is 30.0 Å². The van der Waals surface area contributed by atoms with E-state index in [-0.39, 0.29) is 17.9 Å². The quantitative estimate of drug-likeness (QED) is 0.863. The fourth-order valence-electron chi connectivity index (χ4n) is 1.72. The lowest BCUT2D eigenvalue weighted by Gasteiger charge is -2.22. The Morgan fingerprint density at radius 2 is 2.11 bits per heavy atom. The zero-order chi connectivity index (χ0) is 13.7. The van der Waals surface area contributed by atoms with Gasteiger partial charge in [0.05, 0.1) is 12.1 Å². The Morgan fingerprint density at radius 1 is 1.44 bits per heavy atom. The van der Waals surface area contributed by atoms with Gasteiger partial charge in [-0.2, -0.15) is 0 Å². The molecule has 0 saturated carbocycles. The van der Waals surface area contributed by atoms with Crippen molar-refractivity contribution in [3.05, 3.63) is 34.9 Å². The standard InChI is InChI=1S/C14H21ClN2O/c1-4-12(10-6-5-7-11(15)8-10)17-14(18)13(16)9(2)3/h5-9,12-13H,4,16H2,1-3H3,(H,17,18)/t12?,13-/m1/s1. The third kappa shape index (κ3) is 4.00. The summed E-state index contributed by atoms with van der Waals surface area (Å²) >= 11 is 5.96. The predicted molar refractivity (Wildman–Crippen MR) is 75.4 cm³/mol. The van der Waals surface area contributed by atoms with Gasteiger partial charge in [-0.25, -0.2) is 0 Å². The average molecular weight is 269 g/mol. The first-order valence-electron chi connectivity index (χ1n) is 6.27. The summed E-state index contributed by atoms with van der Waals surface area (Å²) in [4.78, 5) is 11.9. The summed E-state index contributed by atoms with van der Waals surface area (Å²) < 4.78 is 0. The Hall–Kier alpha value is -1.06. The SMILES string of the molecule is CCC(NC(=O)[C@H](N)C(C)C)c1cccc(Cl)c1. The van der Waals surface area contributed by atoms with Crippen LogP contribution in [0.2, 0.25) is 5.02 Å². The Bertz CT molecular complexity index is 407. The van der Waals surface area contributed by atoms with Gasteiger partial charge in [0.15, 0.2) is 0 Å². The highest BCUT2D eigenvalue weighted by atomic mass is 35.5. The number of rotatable bonds is 5. The summed E-state index contributed by atoms with van der Waals surface area (Å²) in [7, 11) is 0. The molecule has 0 heterocycles. The molecule has 0 aliphatic heterocycles. The second kappa shape index (κ2) is 6.76. The number of benzene rings is 1. The topological polar surface area (TPSA) is 55.1 Å². The molecule has 1 aromatic carbocycles. The van der Waals surface area contributed by atoms with Crippen molar-refractivity contribution >= 4 is 17.5 Å². The van der Waals surface area contributed by atoms with Crippen LogP contribution in [0, 0.1) is 5.92 Å². The summed E-state index contributed by atoms with van der Waals surface area (Å²) in [6, 6.07) is 7.02. The smallest absolute Gasteiger partial charge is 0.237 e. The van der Waals surface area contributed by atoms with Gasteiger partial charge < -0.3 is 11.1 Å². The monoisotopic (exact) mass is 268 g/mol.